The molecule has 0 aliphatic rings. The average Bonchev–Trinajstić information content (AvgIpc) is 2.64. The molecule has 1 aromatic carbocycles. The number of anilines is 2. The molecule has 1 amide bonds. The number of hydrogen-bond acceptors (Lipinski definition) is 4. The van der Waals surface area contributed by atoms with Crippen LogP contribution in [0.1, 0.15) is 33.6 Å². The second-order valence-corrected chi connectivity index (χ2v) is 7.06. The second-order valence-electron chi connectivity index (χ2n) is 6.22. The minimum atomic E-state index is -0.722. The van der Waals surface area contributed by atoms with E-state index in [0.717, 1.165) is 31.7 Å². The first kappa shape index (κ1) is 21.3. The van der Waals surface area contributed by atoms with Gasteiger partial charge in [-0.25, -0.2) is 4.98 Å². The smallest absolute Gasteiger partial charge is 0.265 e. The zero-order valence-corrected chi connectivity index (χ0v) is 17.3. The first-order valence-electron chi connectivity index (χ1n) is 9.08. The van der Waals surface area contributed by atoms with Crippen molar-refractivity contribution in [2.45, 2.75) is 39.7 Å². The average molecular weight is 410 g/mol. The summed E-state index contributed by atoms with van der Waals surface area (Å²) in [6.45, 7) is 7.86. The van der Waals surface area contributed by atoms with Gasteiger partial charge in [-0.15, -0.1) is 0 Å². The van der Waals surface area contributed by atoms with Gasteiger partial charge in [0.05, 0.1) is 16.9 Å². The molecule has 1 heterocycles. The lowest BCUT2D eigenvalue weighted by Gasteiger charge is -2.22. The highest BCUT2D eigenvalue weighted by Gasteiger charge is 2.17. The van der Waals surface area contributed by atoms with Gasteiger partial charge in [0, 0.05) is 18.1 Å². The Morgan fingerprint density at radius 3 is 2.44 bits per heavy atom. The number of ether oxygens (including phenoxy) is 1. The van der Waals surface area contributed by atoms with Crippen LogP contribution >= 0.6 is 23.2 Å². The zero-order valence-electron chi connectivity index (χ0n) is 15.8. The molecule has 0 fully saturated rings. The molecule has 0 saturated carbocycles. The maximum absolute atomic E-state index is 12.4. The van der Waals surface area contributed by atoms with E-state index < -0.39 is 6.10 Å². The molecule has 0 bridgehead atoms. The van der Waals surface area contributed by atoms with Crippen molar-refractivity contribution in [3.05, 3.63) is 46.6 Å². The van der Waals surface area contributed by atoms with Gasteiger partial charge >= 0.3 is 0 Å². The van der Waals surface area contributed by atoms with Crippen LogP contribution < -0.4 is 15.0 Å². The minimum Gasteiger partial charge on any atom is -0.479 e. The molecule has 1 atom stereocenters. The normalized spacial score (nSPS) is 11.7. The molecule has 1 aromatic heterocycles. The molecule has 2 rings (SSSR count). The zero-order chi connectivity index (χ0) is 19.8. The van der Waals surface area contributed by atoms with Crippen LogP contribution in [0.2, 0.25) is 10.0 Å². The van der Waals surface area contributed by atoms with E-state index in [1.54, 1.807) is 31.3 Å². The Hall–Kier alpha value is -1.98. The Morgan fingerprint density at radius 2 is 1.89 bits per heavy atom. The molecule has 1 N–H and O–H groups in total. The maximum atomic E-state index is 12.4. The number of hydrogen-bond donors (Lipinski definition) is 1. The Balaban J connectivity index is 1.98. The molecule has 0 aliphatic heterocycles. The topological polar surface area (TPSA) is 54.5 Å². The monoisotopic (exact) mass is 409 g/mol. The fourth-order valence-corrected chi connectivity index (χ4v) is 3.04. The van der Waals surface area contributed by atoms with E-state index in [1.807, 2.05) is 12.1 Å². The van der Waals surface area contributed by atoms with Crippen LogP contribution in [0.3, 0.4) is 0 Å². The van der Waals surface area contributed by atoms with Gasteiger partial charge in [0.25, 0.3) is 5.91 Å². The number of nitrogens with zero attached hydrogens (tertiary/aromatic N) is 2. The van der Waals surface area contributed by atoms with Crippen molar-refractivity contribution in [3.63, 3.8) is 0 Å². The molecular formula is C20H25Cl2N3O2. The number of benzene rings is 1. The van der Waals surface area contributed by atoms with Crippen molar-refractivity contribution in [2.75, 3.05) is 23.3 Å². The third kappa shape index (κ3) is 6.29. The van der Waals surface area contributed by atoms with Gasteiger partial charge in [0.1, 0.15) is 11.6 Å². The van der Waals surface area contributed by atoms with Crippen molar-refractivity contribution in [1.82, 2.24) is 4.98 Å². The van der Waals surface area contributed by atoms with Crippen molar-refractivity contribution in [3.8, 4) is 5.75 Å². The second kappa shape index (κ2) is 10.4. The van der Waals surface area contributed by atoms with Crippen LogP contribution in [0, 0.1) is 0 Å². The first-order chi connectivity index (χ1) is 12.9. The Morgan fingerprint density at radius 1 is 1.19 bits per heavy atom. The van der Waals surface area contributed by atoms with Crippen LogP contribution in [0.25, 0.3) is 0 Å². The Bertz CT molecular complexity index is 747. The highest BCUT2D eigenvalue weighted by molar-refractivity contribution is 6.35. The molecule has 1 unspecified atom stereocenters. The molecule has 0 saturated heterocycles. The van der Waals surface area contributed by atoms with E-state index in [4.69, 9.17) is 27.9 Å². The summed E-state index contributed by atoms with van der Waals surface area (Å²) in [5, 5.41) is 3.68. The highest BCUT2D eigenvalue weighted by atomic mass is 35.5. The van der Waals surface area contributed by atoms with E-state index in [-0.39, 0.29) is 5.91 Å². The van der Waals surface area contributed by atoms with Gasteiger partial charge < -0.3 is 15.0 Å². The lowest BCUT2D eigenvalue weighted by atomic mass is 10.3. The molecule has 27 heavy (non-hydrogen) atoms. The van der Waals surface area contributed by atoms with Crippen molar-refractivity contribution >= 4 is 40.6 Å². The SMILES string of the molecule is CCCN(CCC)c1ccc(NC(=O)C(C)Oc2ccc(Cl)cc2Cl)cn1. The van der Waals surface area contributed by atoms with E-state index in [9.17, 15) is 4.79 Å². The quantitative estimate of drug-likeness (QED) is 0.600. The third-order valence-corrected chi connectivity index (χ3v) is 4.42. The number of nitrogens with one attached hydrogen (secondary N) is 1. The summed E-state index contributed by atoms with van der Waals surface area (Å²) in [5.41, 5.74) is 0.620. The number of carbonyl (C=O) groups excluding carboxylic acids is 1. The van der Waals surface area contributed by atoms with Crippen molar-refractivity contribution in [1.29, 1.82) is 0 Å². The van der Waals surface area contributed by atoms with Gasteiger partial charge in [-0.2, -0.15) is 0 Å². The van der Waals surface area contributed by atoms with Gasteiger partial charge in [-0.3, -0.25) is 4.79 Å². The molecule has 2 aromatic rings. The minimum absolute atomic E-state index is 0.283. The molecule has 0 spiro atoms. The highest BCUT2D eigenvalue weighted by Crippen LogP contribution is 2.28. The van der Waals surface area contributed by atoms with Crippen LogP contribution in [0.15, 0.2) is 36.5 Å². The van der Waals surface area contributed by atoms with Gasteiger partial charge in [0.15, 0.2) is 6.10 Å². The molecule has 146 valence electrons. The summed E-state index contributed by atoms with van der Waals surface area (Å²) in [4.78, 5) is 19.1. The number of halogens is 2. The molecular weight excluding hydrogens is 385 g/mol. The van der Waals surface area contributed by atoms with Gasteiger partial charge in [-0.05, 0) is 50.1 Å². The Labute approximate surface area is 170 Å². The first-order valence-corrected chi connectivity index (χ1v) is 9.83. The standard InChI is InChI=1S/C20H25Cl2N3O2/c1-4-10-25(11-5-2)19-9-7-16(13-23-19)24-20(26)14(3)27-18-8-6-15(21)12-17(18)22/h6-9,12-14H,4-5,10-11H2,1-3H3,(H,24,26). The summed E-state index contributed by atoms with van der Waals surface area (Å²) in [6, 6.07) is 8.64. The summed E-state index contributed by atoms with van der Waals surface area (Å²) < 4.78 is 5.63. The lowest BCUT2D eigenvalue weighted by Crippen LogP contribution is -2.30. The molecule has 5 nitrogen and oxygen atoms in total. The summed E-state index contributed by atoms with van der Waals surface area (Å²) in [5.74, 6) is 1.04. The third-order valence-electron chi connectivity index (χ3n) is 3.89. The fraction of sp³-hybridized carbons (Fsp3) is 0.400. The molecule has 0 aliphatic carbocycles. The van der Waals surface area contributed by atoms with Crippen LogP contribution in [0.5, 0.6) is 5.75 Å². The van der Waals surface area contributed by atoms with E-state index >= 15 is 0 Å². The predicted molar refractivity (Wildman–Crippen MR) is 112 cm³/mol. The summed E-state index contributed by atoms with van der Waals surface area (Å²) in [6.07, 6.45) is 3.05. The number of aromatic nitrogens is 1. The van der Waals surface area contributed by atoms with Crippen molar-refractivity contribution < 1.29 is 9.53 Å². The summed E-state index contributed by atoms with van der Waals surface area (Å²) in [7, 11) is 0. The number of carbonyl (C=O) groups is 1. The van der Waals surface area contributed by atoms with Crippen LogP contribution in [0.4, 0.5) is 11.5 Å². The van der Waals surface area contributed by atoms with Gasteiger partial charge in [-0.1, -0.05) is 37.0 Å². The van der Waals surface area contributed by atoms with Crippen LogP contribution in [-0.4, -0.2) is 30.1 Å². The Kier molecular flexibility index (Phi) is 8.20. The lowest BCUT2D eigenvalue weighted by molar-refractivity contribution is -0.122. The van der Waals surface area contributed by atoms with Crippen LogP contribution in [-0.2, 0) is 4.79 Å². The van der Waals surface area contributed by atoms with E-state index in [0.29, 0.717) is 21.5 Å². The largest absolute Gasteiger partial charge is 0.479 e. The predicted octanol–water partition coefficient (Wildman–Crippen LogP) is 5.42. The van der Waals surface area contributed by atoms with E-state index in [2.05, 4.69) is 29.0 Å². The van der Waals surface area contributed by atoms with Gasteiger partial charge in [0.2, 0.25) is 0 Å². The van der Waals surface area contributed by atoms with Crippen molar-refractivity contribution in [2.24, 2.45) is 0 Å². The maximum Gasteiger partial charge on any atom is 0.265 e. The fourth-order valence-electron chi connectivity index (χ4n) is 2.59. The number of amides is 1. The summed E-state index contributed by atoms with van der Waals surface area (Å²) >= 11 is 11.9. The molecule has 7 heteroatoms. The van der Waals surface area contributed by atoms with E-state index in [1.165, 1.54) is 0 Å². The molecule has 0 radical (unpaired) electrons. The number of pyridine rings is 1. The number of rotatable bonds is 9.